The molecule has 0 fully saturated rings. The molecule has 2 nitrogen and oxygen atoms in total. The molecule has 0 spiro atoms. The van der Waals surface area contributed by atoms with Crippen LogP contribution in [0.15, 0.2) is 11.6 Å². The van der Waals surface area contributed by atoms with Gasteiger partial charge < -0.3 is 4.74 Å². The van der Waals surface area contributed by atoms with Gasteiger partial charge in [0.15, 0.2) is 0 Å². The lowest BCUT2D eigenvalue weighted by Gasteiger charge is -2.11. The van der Waals surface area contributed by atoms with E-state index in [0.29, 0.717) is 18.9 Å². The Morgan fingerprint density at radius 2 is 1.94 bits per heavy atom. The molecular weight excluding hydrogens is 224 g/mol. The smallest absolute Gasteiger partial charge is 0.305 e. The number of rotatable bonds is 0. The van der Waals surface area contributed by atoms with E-state index in [0.717, 1.165) is 25.7 Å². The van der Waals surface area contributed by atoms with E-state index in [1.54, 1.807) is 0 Å². The topological polar surface area (TPSA) is 26.3 Å². The van der Waals surface area contributed by atoms with Gasteiger partial charge in [0.2, 0.25) is 0 Å². The van der Waals surface area contributed by atoms with Crippen molar-refractivity contribution in [1.29, 1.82) is 0 Å². The van der Waals surface area contributed by atoms with E-state index in [-0.39, 0.29) is 5.97 Å². The van der Waals surface area contributed by atoms with Crippen LogP contribution in [0.25, 0.3) is 0 Å². The van der Waals surface area contributed by atoms with Crippen molar-refractivity contribution >= 4 is 5.97 Å². The van der Waals surface area contributed by atoms with Crippen molar-refractivity contribution in [3.8, 4) is 0 Å². The summed E-state index contributed by atoms with van der Waals surface area (Å²) in [5.41, 5.74) is 1.53. The molecule has 0 aliphatic carbocycles. The molecule has 0 saturated carbocycles. The van der Waals surface area contributed by atoms with Crippen LogP contribution >= 0.6 is 0 Å². The molecule has 0 amide bonds. The molecule has 1 unspecified atom stereocenters. The van der Waals surface area contributed by atoms with Gasteiger partial charge in [-0.25, -0.2) is 0 Å². The molecule has 0 radical (unpaired) electrons. The average molecular weight is 252 g/mol. The van der Waals surface area contributed by atoms with Crippen LogP contribution in [-0.2, 0) is 9.53 Å². The standard InChI is InChI=1S/C16H28O2/c1-14-8-5-3-4-6-11-16(17)18-13-12-15(2)10-7-9-14/h8,15H,3-7,9-13H2,1-2H3. The molecule has 1 atom stereocenters. The van der Waals surface area contributed by atoms with Gasteiger partial charge in [0.1, 0.15) is 0 Å². The first-order chi connectivity index (χ1) is 8.68. The molecule has 0 aromatic carbocycles. The second-order valence-corrected chi connectivity index (χ2v) is 5.66. The zero-order chi connectivity index (χ0) is 13.2. The minimum atomic E-state index is -0.0104. The van der Waals surface area contributed by atoms with Crippen molar-refractivity contribution in [3.63, 3.8) is 0 Å². The molecule has 2 heteroatoms. The minimum Gasteiger partial charge on any atom is -0.466 e. The third kappa shape index (κ3) is 7.52. The van der Waals surface area contributed by atoms with Crippen LogP contribution in [0.5, 0.6) is 0 Å². The summed E-state index contributed by atoms with van der Waals surface area (Å²) in [6.07, 6.45) is 12.2. The first-order valence-electron chi connectivity index (χ1n) is 7.49. The number of carbonyl (C=O) groups excluding carboxylic acids is 1. The van der Waals surface area contributed by atoms with Crippen LogP contribution in [-0.4, -0.2) is 12.6 Å². The second-order valence-electron chi connectivity index (χ2n) is 5.66. The third-order valence-corrected chi connectivity index (χ3v) is 3.72. The fourth-order valence-electron chi connectivity index (χ4n) is 2.36. The molecule has 18 heavy (non-hydrogen) atoms. The summed E-state index contributed by atoms with van der Waals surface area (Å²) in [6.45, 7) is 5.11. The predicted molar refractivity (Wildman–Crippen MR) is 75.4 cm³/mol. The maximum Gasteiger partial charge on any atom is 0.305 e. The fraction of sp³-hybridized carbons (Fsp3) is 0.812. The van der Waals surface area contributed by atoms with Crippen LogP contribution in [0.4, 0.5) is 0 Å². The number of cyclic esters (lactones) is 1. The quantitative estimate of drug-likeness (QED) is 0.464. The summed E-state index contributed by atoms with van der Waals surface area (Å²) in [7, 11) is 0. The van der Waals surface area contributed by atoms with Crippen molar-refractivity contribution in [3.05, 3.63) is 11.6 Å². The molecule has 1 aliphatic rings. The van der Waals surface area contributed by atoms with Gasteiger partial charge >= 0.3 is 5.97 Å². The number of ether oxygens (including phenoxy) is 1. The highest BCUT2D eigenvalue weighted by Crippen LogP contribution is 2.17. The summed E-state index contributed by atoms with van der Waals surface area (Å²) in [5, 5.41) is 0. The van der Waals surface area contributed by atoms with Gasteiger partial charge in [-0.1, -0.05) is 31.4 Å². The molecule has 0 N–H and O–H groups in total. The van der Waals surface area contributed by atoms with Crippen molar-refractivity contribution < 1.29 is 9.53 Å². The Hall–Kier alpha value is -0.790. The highest BCUT2D eigenvalue weighted by Gasteiger charge is 2.06. The Labute approximate surface area is 112 Å². The monoisotopic (exact) mass is 252 g/mol. The number of hydrogen-bond donors (Lipinski definition) is 0. The molecule has 1 aliphatic heterocycles. The Bertz CT molecular complexity index is 268. The van der Waals surface area contributed by atoms with Crippen LogP contribution in [0, 0.1) is 5.92 Å². The predicted octanol–water partition coefficient (Wildman–Crippen LogP) is 4.64. The average Bonchev–Trinajstić information content (AvgIpc) is 2.33. The molecule has 1 rings (SSSR count). The summed E-state index contributed by atoms with van der Waals surface area (Å²) in [5.74, 6) is 0.652. The van der Waals surface area contributed by atoms with Gasteiger partial charge in [-0.2, -0.15) is 0 Å². The zero-order valence-corrected chi connectivity index (χ0v) is 12.0. The van der Waals surface area contributed by atoms with Crippen LogP contribution in [0.3, 0.4) is 0 Å². The van der Waals surface area contributed by atoms with E-state index in [2.05, 4.69) is 19.9 Å². The van der Waals surface area contributed by atoms with E-state index in [9.17, 15) is 4.79 Å². The third-order valence-electron chi connectivity index (χ3n) is 3.72. The van der Waals surface area contributed by atoms with E-state index in [4.69, 9.17) is 4.74 Å². The van der Waals surface area contributed by atoms with Gasteiger partial charge in [0.05, 0.1) is 6.61 Å². The molecule has 0 aromatic heterocycles. The first-order valence-corrected chi connectivity index (χ1v) is 7.49. The highest BCUT2D eigenvalue weighted by molar-refractivity contribution is 5.69. The fourth-order valence-corrected chi connectivity index (χ4v) is 2.36. The number of allylic oxidation sites excluding steroid dienone is 2. The minimum absolute atomic E-state index is 0.0104. The lowest BCUT2D eigenvalue weighted by atomic mass is 9.98. The lowest BCUT2D eigenvalue weighted by Crippen LogP contribution is -2.08. The summed E-state index contributed by atoms with van der Waals surface area (Å²) >= 11 is 0. The van der Waals surface area contributed by atoms with E-state index in [1.165, 1.54) is 31.3 Å². The largest absolute Gasteiger partial charge is 0.466 e. The summed E-state index contributed by atoms with van der Waals surface area (Å²) in [6, 6.07) is 0. The van der Waals surface area contributed by atoms with Crippen molar-refractivity contribution in [2.24, 2.45) is 5.92 Å². The lowest BCUT2D eigenvalue weighted by molar-refractivity contribution is -0.144. The van der Waals surface area contributed by atoms with Crippen LogP contribution in [0.1, 0.15) is 71.6 Å². The van der Waals surface area contributed by atoms with Crippen LogP contribution < -0.4 is 0 Å². The summed E-state index contributed by atoms with van der Waals surface area (Å²) in [4.78, 5) is 11.4. The maximum absolute atomic E-state index is 11.4. The number of hydrogen-bond acceptors (Lipinski definition) is 2. The molecule has 0 bridgehead atoms. The van der Waals surface area contributed by atoms with Crippen molar-refractivity contribution in [2.75, 3.05) is 6.61 Å². The van der Waals surface area contributed by atoms with E-state index in [1.807, 2.05) is 0 Å². The number of carbonyl (C=O) groups is 1. The Balaban J connectivity index is 2.37. The first kappa shape index (κ1) is 15.3. The maximum atomic E-state index is 11.4. The molecule has 104 valence electrons. The molecule has 1 heterocycles. The second kappa shape index (κ2) is 9.18. The number of esters is 1. The molecule has 0 aromatic rings. The van der Waals surface area contributed by atoms with E-state index < -0.39 is 0 Å². The molecule has 0 saturated heterocycles. The van der Waals surface area contributed by atoms with Gasteiger partial charge in [-0.05, 0) is 51.4 Å². The van der Waals surface area contributed by atoms with Crippen molar-refractivity contribution in [2.45, 2.75) is 71.6 Å². The Morgan fingerprint density at radius 1 is 1.11 bits per heavy atom. The molecular formula is C16H28O2. The van der Waals surface area contributed by atoms with Crippen LogP contribution in [0.2, 0.25) is 0 Å². The van der Waals surface area contributed by atoms with Gasteiger partial charge in [-0.3, -0.25) is 4.79 Å². The highest BCUT2D eigenvalue weighted by atomic mass is 16.5. The normalized spacial score (nSPS) is 25.6. The Morgan fingerprint density at radius 3 is 2.78 bits per heavy atom. The Kier molecular flexibility index (Phi) is 7.79. The van der Waals surface area contributed by atoms with Gasteiger partial charge in [-0.15, -0.1) is 0 Å². The van der Waals surface area contributed by atoms with E-state index >= 15 is 0 Å². The van der Waals surface area contributed by atoms with Crippen molar-refractivity contribution in [1.82, 2.24) is 0 Å². The SMILES string of the molecule is CC1=CCCCCCC(=O)OCCC(C)CCC1. The summed E-state index contributed by atoms with van der Waals surface area (Å²) < 4.78 is 5.26. The van der Waals surface area contributed by atoms with Gasteiger partial charge in [0.25, 0.3) is 0 Å². The van der Waals surface area contributed by atoms with Gasteiger partial charge in [0, 0.05) is 6.42 Å². The zero-order valence-electron chi connectivity index (χ0n) is 12.0.